The van der Waals surface area contributed by atoms with Crippen LogP contribution in [0.5, 0.6) is 0 Å². The van der Waals surface area contributed by atoms with Gasteiger partial charge in [0, 0.05) is 0 Å². The minimum atomic E-state index is 0.0528. The van der Waals surface area contributed by atoms with Crippen molar-refractivity contribution in [2.75, 3.05) is 0 Å². The highest BCUT2D eigenvalue weighted by Gasteiger charge is 2.49. The van der Waals surface area contributed by atoms with E-state index in [4.69, 9.17) is 4.74 Å². The highest BCUT2D eigenvalue weighted by Crippen LogP contribution is 2.41. The zero-order valence-electron chi connectivity index (χ0n) is 11.5. The normalized spacial score (nSPS) is 26.3. The number of epoxide rings is 1. The summed E-state index contributed by atoms with van der Waals surface area (Å²) in [5.41, 5.74) is 2.67. The predicted molar refractivity (Wildman–Crippen MR) is 77.4 cm³/mol. The van der Waals surface area contributed by atoms with Gasteiger partial charge in [0.05, 0.1) is 5.60 Å². The quantitative estimate of drug-likeness (QED) is 0.543. The molecule has 0 amide bonds. The fraction of sp³-hybridized carbons (Fsp3) is 0.412. The van der Waals surface area contributed by atoms with Gasteiger partial charge in [-0.05, 0) is 39.2 Å². The predicted octanol–water partition coefficient (Wildman–Crippen LogP) is 4.60. The van der Waals surface area contributed by atoms with Gasteiger partial charge in [-0.1, -0.05) is 54.1 Å². The molecule has 1 heterocycles. The van der Waals surface area contributed by atoms with Crippen molar-refractivity contribution < 1.29 is 4.74 Å². The van der Waals surface area contributed by atoms with Crippen molar-refractivity contribution >= 4 is 6.08 Å². The monoisotopic (exact) mass is 242 g/mol. The summed E-state index contributed by atoms with van der Waals surface area (Å²) in [6.45, 7) is 6.48. The van der Waals surface area contributed by atoms with Crippen molar-refractivity contribution in [2.24, 2.45) is 0 Å². The highest BCUT2D eigenvalue weighted by molar-refractivity contribution is 5.50. The largest absolute Gasteiger partial charge is 0.362 e. The molecule has 1 heteroatoms. The van der Waals surface area contributed by atoms with Crippen LogP contribution in [-0.2, 0) is 4.74 Å². The van der Waals surface area contributed by atoms with Crippen LogP contribution in [-0.4, -0.2) is 11.7 Å². The van der Waals surface area contributed by atoms with E-state index in [1.54, 1.807) is 0 Å². The van der Waals surface area contributed by atoms with Crippen LogP contribution in [0.2, 0.25) is 0 Å². The molecule has 18 heavy (non-hydrogen) atoms. The number of hydrogen-bond acceptors (Lipinski definition) is 1. The van der Waals surface area contributed by atoms with Gasteiger partial charge in [-0.15, -0.1) is 0 Å². The van der Waals surface area contributed by atoms with Crippen LogP contribution in [0.15, 0.2) is 48.1 Å². The van der Waals surface area contributed by atoms with E-state index in [1.807, 2.05) is 6.07 Å². The zero-order chi connectivity index (χ0) is 13.0. The second-order valence-corrected chi connectivity index (χ2v) is 5.44. The fourth-order valence-corrected chi connectivity index (χ4v) is 2.11. The van der Waals surface area contributed by atoms with E-state index in [9.17, 15) is 0 Å². The summed E-state index contributed by atoms with van der Waals surface area (Å²) >= 11 is 0. The van der Waals surface area contributed by atoms with Gasteiger partial charge in [0.15, 0.2) is 0 Å². The maximum absolute atomic E-state index is 5.79. The van der Waals surface area contributed by atoms with Crippen molar-refractivity contribution in [3.63, 3.8) is 0 Å². The first kappa shape index (κ1) is 13.1. The molecular formula is C17H22O. The first-order valence-corrected chi connectivity index (χ1v) is 6.65. The standard InChI is InChI=1S/C17H22O/c1-14(2)8-7-13-17(3)16(18-17)12-11-15-9-5-4-6-10-15/h4-6,8-12,16H,7,13H2,1-3H3/b12-11-/t16-,17-/m0/s1. The van der Waals surface area contributed by atoms with Crippen molar-refractivity contribution in [1.29, 1.82) is 0 Å². The third-order valence-electron chi connectivity index (χ3n) is 3.40. The Balaban J connectivity index is 1.83. The topological polar surface area (TPSA) is 12.5 Å². The van der Waals surface area contributed by atoms with Crippen molar-refractivity contribution in [3.05, 3.63) is 53.6 Å². The lowest BCUT2D eigenvalue weighted by Crippen LogP contribution is -2.07. The SMILES string of the molecule is CC(C)=CCC[C@]1(C)O[C@H]1/C=C\c1ccccc1. The Kier molecular flexibility index (Phi) is 4.03. The Morgan fingerprint density at radius 3 is 2.67 bits per heavy atom. The molecule has 0 aliphatic carbocycles. The molecule has 1 aromatic carbocycles. The summed E-state index contributed by atoms with van der Waals surface area (Å²) in [6, 6.07) is 10.4. The van der Waals surface area contributed by atoms with E-state index in [0.29, 0.717) is 0 Å². The highest BCUT2D eigenvalue weighted by atomic mass is 16.6. The number of hydrogen-bond donors (Lipinski definition) is 0. The lowest BCUT2D eigenvalue weighted by atomic mass is 10.00. The molecule has 1 aliphatic heterocycles. The third-order valence-corrected chi connectivity index (χ3v) is 3.40. The van der Waals surface area contributed by atoms with Gasteiger partial charge < -0.3 is 4.74 Å². The fourth-order valence-electron chi connectivity index (χ4n) is 2.11. The zero-order valence-corrected chi connectivity index (χ0v) is 11.5. The van der Waals surface area contributed by atoms with Gasteiger partial charge in [0.1, 0.15) is 6.10 Å². The average Bonchev–Trinajstić information content (AvgIpc) is 2.99. The van der Waals surface area contributed by atoms with Gasteiger partial charge in [-0.25, -0.2) is 0 Å². The van der Waals surface area contributed by atoms with Gasteiger partial charge in [0.2, 0.25) is 0 Å². The van der Waals surface area contributed by atoms with Crippen LogP contribution in [0, 0.1) is 0 Å². The Hall–Kier alpha value is -1.34. The third kappa shape index (κ3) is 3.58. The first-order valence-electron chi connectivity index (χ1n) is 6.65. The van der Waals surface area contributed by atoms with Gasteiger partial charge in [-0.3, -0.25) is 0 Å². The minimum Gasteiger partial charge on any atom is -0.362 e. The second kappa shape index (κ2) is 5.53. The molecule has 0 spiro atoms. The molecule has 0 bridgehead atoms. The van der Waals surface area contributed by atoms with Crippen LogP contribution >= 0.6 is 0 Å². The Morgan fingerprint density at radius 1 is 1.28 bits per heavy atom. The average molecular weight is 242 g/mol. The molecular weight excluding hydrogens is 220 g/mol. The number of rotatable bonds is 5. The van der Waals surface area contributed by atoms with E-state index in [1.165, 1.54) is 11.1 Å². The summed E-state index contributed by atoms with van der Waals surface area (Å²) in [5, 5.41) is 0. The van der Waals surface area contributed by atoms with Crippen molar-refractivity contribution in [3.8, 4) is 0 Å². The molecule has 2 atom stereocenters. The lowest BCUT2D eigenvalue weighted by molar-refractivity contribution is 0.304. The van der Waals surface area contributed by atoms with E-state index in [0.717, 1.165) is 12.8 Å². The summed E-state index contributed by atoms with van der Waals surface area (Å²) in [6.07, 6.45) is 9.10. The van der Waals surface area contributed by atoms with Crippen LogP contribution < -0.4 is 0 Å². The van der Waals surface area contributed by atoms with Crippen LogP contribution in [0.1, 0.15) is 39.2 Å². The van der Waals surface area contributed by atoms with Crippen LogP contribution in [0.4, 0.5) is 0 Å². The van der Waals surface area contributed by atoms with E-state index >= 15 is 0 Å². The molecule has 0 N–H and O–H groups in total. The summed E-state index contributed by atoms with van der Waals surface area (Å²) in [7, 11) is 0. The molecule has 0 unspecified atom stereocenters. The first-order chi connectivity index (χ1) is 8.60. The van der Waals surface area contributed by atoms with Crippen molar-refractivity contribution in [2.45, 2.75) is 45.3 Å². The second-order valence-electron chi connectivity index (χ2n) is 5.44. The van der Waals surface area contributed by atoms with Crippen LogP contribution in [0.3, 0.4) is 0 Å². The maximum Gasteiger partial charge on any atom is 0.105 e. The van der Waals surface area contributed by atoms with E-state index in [-0.39, 0.29) is 11.7 Å². The van der Waals surface area contributed by atoms with Gasteiger partial charge >= 0.3 is 0 Å². The number of ether oxygens (including phenoxy) is 1. The Morgan fingerprint density at radius 2 is 2.00 bits per heavy atom. The Labute approximate surface area is 110 Å². The van der Waals surface area contributed by atoms with Crippen LogP contribution in [0.25, 0.3) is 6.08 Å². The molecule has 1 nitrogen and oxygen atoms in total. The number of allylic oxidation sites excluding steroid dienone is 2. The van der Waals surface area contributed by atoms with Gasteiger partial charge in [0.25, 0.3) is 0 Å². The summed E-state index contributed by atoms with van der Waals surface area (Å²) < 4.78 is 5.79. The lowest BCUT2D eigenvalue weighted by Gasteiger charge is -2.02. The Bertz CT molecular complexity index is 440. The molecule has 1 aliphatic rings. The molecule has 2 rings (SSSR count). The van der Waals surface area contributed by atoms with E-state index in [2.05, 4.69) is 63.3 Å². The molecule has 0 aromatic heterocycles. The van der Waals surface area contributed by atoms with E-state index < -0.39 is 0 Å². The number of benzene rings is 1. The van der Waals surface area contributed by atoms with Gasteiger partial charge in [-0.2, -0.15) is 0 Å². The molecule has 0 saturated carbocycles. The maximum atomic E-state index is 5.79. The molecule has 1 saturated heterocycles. The smallest absolute Gasteiger partial charge is 0.105 e. The molecule has 0 radical (unpaired) electrons. The summed E-state index contributed by atoms with van der Waals surface area (Å²) in [4.78, 5) is 0. The molecule has 1 fully saturated rings. The molecule has 1 aromatic rings. The molecule has 96 valence electrons. The summed E-state index contributed by atoms with van der Waals surface area (Å²) in [5.74, 6) is 0. The minimum absolute atomic E-state index is 0.0528. The van der Waals surface area contributed by atoms with Crippen molar-refractivity contribution in [1.82, 2.24) is 0 Å².